The van der Waals surface area contributed by atoms with E-state index in [0.717, 1.165) is 6.92 Å². The largest absolute Gasteiger partial charge is 0.481 e. The van der Waals surface area contributed by atoms with Crippen molar-refractivity contribution in [3.05, 3.63) is 0 Å². The number of hydrogen-bond donors (Lipinski definition) is 17. The first-order chi connectivity index (χ1) is 33.4. The molecule has 0 unspecified atom stereocenters. The molecule has 9 atom stereocenters. The maximum absolute atomic E-state index is 13.8. The van der Waals surface area contributed by atoms with E-state index in [1.54, 1.807) is 27.7 Å². The summed E-state index contributed by atoms with van der Waals surface area (Å²) < 4.78 is 0. The van der Waals surface area contributed by atoms with Gasteiger partial charge in [-0.1, -0.05) is 27.7 Å². The van der Waals surface area contributed by atoms with Gasteiger partial charge in [-0.15, -0.1) is 0 Å². The molecule has 30 heteroatoms. The number of nitrogens with two attached hydrogens (primary N) is 5. The van der Waals surface area contributed by atoms with Crippen LogP contribution in [0, 0.1) is 11.8 Å². The lowest BCUT2D eigenvalue weighted by molar-refractivity contribution is -0.142. The number of guanidine groups is 2. The minimum absolute atomic E-state index is 0.00103. The molecule has 0 heterocycles. The number of carboxylic acids is 3. The van der Waals surface area contributed by atoms with Crippen molar-refractivity contribution in [1.29, 1.82) is 0 Å². The predicted molar refractivity (Wildman–Crippen MR) is 257 cm³/mol. The molecule has 0 aliphatic carbocycles. The van der Waals surface area contributed by atoms with Gasteiger partial charge in [0.15, 0.2) is 11.9 Å². The highest BCUT2D eigenvalue weighted by Gasteiger charge is 2.36. The van der Waals surface area contributed by atoms with Gasteiger partial charge in [0.25, 0.3) is 0 Å². The molecule has 8 amide bonds. The molecule has 0 aliphatic heterocycles. The summed E-state index contributed by atoms with van der Waals surface area (Å²) in [6, 6.07) is -12.4. The third-order valence-corrected chi connectivity index (χ3v) is 10.0. The maximum Gasteiger partial charge on any atom is 0.305 e. The zero-order valence-electron chi connectivity index (χ0n) is 41.4. The second-order valence-electron chi connectivity index (χ2n) is 17.7. The number of amides is 8. The van der Waals surface area contributed by atoms with Gasteiger partial charge in [-0.3, -0.25) is 62.7 Å². The van der Waals surface area contributed by atoms with Gasteiger partial charge in [0, 0.05) is 19.6 Å². The summed E-state index contributed by atoms with van der Waals surface area (Å²) in [6.45, 7) is 9.01. The molecule has 0 spiro atoms. The number of aliphatic hydroxyl groups excluding tert-OH is 1. The molecule has 408 valence electrons. The van der Waals surface area contributed by atoms with Crippen LogP contribution in [0.5, 0.6) is 0 Å². The smallest absolute Gasteiger partial charge is 0.305 e. The van der Waals surface area contributed by atoms with Gasteiger partial charge < -0.3 is 91.6 Å². The molecule has 0 fully saturated rings. The fraction of sp³-hybridized carbons (Fsp3) is 0.690. The van der Waals surface area contributed by atoms with Crippen molar-refractivity contribution in [2.24, 2.45) is 50.5 Å². The summed E-state index contributed by atoms with van der Waals surface area (Å²) in [5.41, 5.74) is 27.2. The van der Waals surface area contributed by atoms with Crippen LogP contribution in [-0.2, 0) is 52.7 Å². The van der Waals surface area contributed by atoms with Crippen LogP contribution in [0.4, 0.5) is 0 Å². The Kier molecular flexibility index (Phi) is 29.9. The van der Waals surface area contributed by atoms with E-state index in [9.17, 15) is 68.1 Å². The highest BCUT2D eigenvalue weighted by Crippen LogP contribution is 2.11. The number of carbonyl (C=O) groups is 11. The Labute approximate surface area is 416 Å². The van der Waals surface area contributed by atoms with Gasteiger partial charge in [0.05, 0.1) is 31.4 Å². The minimum atomic E-state index is -1.93. The highest BCUT2D eigenvalue weighted by molar-refractivity contribution is 5.99. The van der Waals surface area contributed by atoms with Crippen LogP contribution in [-0.4, -0.2) is 172 Å². The summed E-state index contributed by atoms with van der Waals surface area (Å²) in [5, 5.41) is 57.3. The molecule has 0 aromatic rings. The molecule has 0 aromatic carbocycles. The lowest BCUT2D eigenvalue weighted by Crippen LogP contribution is -2.61. The fourth-order valence-electron chi connectivity index (χ4n) is 6.43. The second-order valence-corrected chi connectivity index (χ2v) is 17.7. The van der Waals surface area contributed by atoms with E-state index in [4.69, 9.17) is 33.8 Å². The Hall–Kier alpha value is -7.37. The zero-order valence-corrected chi connectivity index (χ0v) is 41.4. The molecule has 72 heavy (non-hydrogen) atoms. The zero-order chi connectivity index (χ0) is 55.4. The number of aliphatic carboxylic acids is 3. The Balaban J connectivity index is 6.29. The summed E-state index contributed by atoms with van der Waals surface area (Å²) in [5.74, 6) is -13.5. The Morgan fingerprint density at radius 3 is 1.31 bits per heavy atom. The van der Waals surface area contributed by atoms with Crippen molar-refractivity contribution in [1.82, 2.24) is 42.5 Å². The quantitative estimate of drug-likeness (QED) is 0.0160. The van der Waals surface area contributed by atoms with Crippen molar-refractivity contribution in [3.63, 3.8) is 0 Å². The van der Waals surface area contributed by atoms with E-state index < -0.39 is 139 Å². The monoisotopic (exact) mass is 1030 g/mol. The number of aliphatic imine (C=N–C) groups is 2. The normalized spacial score (nSPS) is 14.7. The van der Waals surface area contributed by atoms with Crippen LogP contribution in [0.2, 0.25) is 0 Å². The summed E-state index contributed by atoms with van der Waals surface area (Å²) in [6.07, 6.45) is -3.74. The minimum Gasteiger partial charge on any atom is -0.481 e. The summed E-state index contributed by atoms with van der Waals surface area (Å²) in [7, 11) is 0. The van der Waals surface area contributed by atoms with E-state index in [1.807, 2.05) is 0 Å². The molecule has 30 nitrogen and oxygen atoms in total. The molecule has 0 rings (SSSR count). The average molecular weight is 1030 g/mol. The molecule has 0 aromatic heterocycles. The molecular weight excluding hydrogens is 955 g/mol. The number of aliphatic hydroxyl groups is 1. The first-order valence-electron chi connectivity index (χ1n) is 23.0. The maximum atomic E-state index is 13.8. The molecule has 0 saturated carbocycles. The van der Waals surface area contributed by atoms with E-state index in [2.05, 4.69) is 52.5 Å². The standard InChI is InChI=1S/C42H75N15O15/c1-19(2)15-25(37(69)52-24(10-8-13-50-42(46)47)35(67)48-14-11-29(59)60)53-33(65)21(5)51-36(68)27(17-30(61)62)55-38(70)26(16-20(3)4)54-39(71)28(18-31(63)64)56-40(72)32(22(6)58)57-34(66)23(43)9-7-12-49-41(44)45/h19-28,32,58H,7-18,43H2,1-6H3,(H,48,67)(H,51,68)(H,52,69)(H,53,65)(H,54,71)(H,55,70)(H,56,72)(H,57,66)(H,59,60)(H,61,62)(H,63,64)(H4,44,45,49)(H4,46,47,50)/t21-,22+,23-,24-,25-,26-,27+,28-,32-/m0/s1. The molecular formula is C42H75N15O15. The van der Waals surface area contributed by atoms with E-state index in [0.29, 0.717) is 0 Å². The van der Waals surface area contributed by atoms with Gasteiger partial charge >= 0.3 is 17.9 Å². The topological polar surface area (TPSA) is 520 Å². The SMILES string of the molecule is CC(C)C[C@H](NC(=O)[C@H](C)NC(=O)[C@@H](CC(=O)O)NC(=O)[C@H](CC(C)C)NC(=O)[C@H](CC(=O)O)NC(=O)[C@@H](NC(=O)[C@@H](N)CCCN=C(N)N)[C@@H](C)O)C(=O)N[C@@H](CCCN=C(N)N)C(=O)NCCC(=O)O. The molecule has 22 N–H and O–H groups in total. The second kappa shape index (κ2) is 33.3. The Morgan fingerprint density at radius 2 is 0.875 bits per heavy atom. The van der Waals surface area contributed by atoms with Crippen LogP contribution < -0.4 is 71.2 Å². The van der Waals surface area contributed by atoms with Crippen molar-refractivity contribution in [2.45, 2.75) is 154 Å². The molecule has 0 aliphatic rings. The molecule has 0 saturated heterocycles. The van der Waals surface area contributed by atoms with Gasteiger partial charge in [0.1, 0.15) is 42.3 Å². The van der Waals surface area contributed by atoms with Crippen molar-refractivity contribution in [2.75, 3.05) is 19.6 Å². The number of carbonyl (C=O) groups excluding carboxylic acids is 8. The van der Waals surface area contributed by atoms with Gasteiger partial charge in [-0.25, -0.2) is 0 Å². The summed E-state index contributed by atoms with van der Waals surface area (Å²) in [4.78, 5) is 149. The van der Waals surface area contributed by atoms with Gasteiger partial charge in [-0.2, -0.15) is 0 Å². The lowest BCUT2D eigenvalue weighted by Gasteiger charge is -2.28. The van der Waals surface area contributed by atoms with Crippen LogP contribution in [0.15, 0.2) is 9.98 Å². The predicted octanol–water partition coefficient (Wildman–Crippen LogP) is -6.15. The van der Waals surface area contributed by atoms with Crippen molar-refractivity contribution < 1.29 is 73.2 Å². The first-order valence-corrected chi connectivity index (χ1v) is 23.0. The van der Waals surface area contributed by atoms with Crippen LogP contribution in [0.3, 0.4) is 0 Å². The fourth-order valence-corrected chi connectivity index (χ4v) is 6.43. The number of rotatable bonds is 35. The lowest BCUT2D eigenvalue weighted by atomic mass is 10.0. The Morgan fingerprint density at radius 1 is 0.472 bits per heavy atom. The van der Waals surface area contributed by atoms with Crippen molar-refractivity contribution in [3.8, 4) is 0 Å². The number of nitrogens with one attached hydrogen (secondary N) is 8. The van der Waals surface area contributed by atoms with E-state index in [1.165, 1.54) is 6.92 Å². The first kappa shape index (κ1) is 64.6. The third kappa shape index (κ3) is 27.7. The van der Waals surface area contributed by atoms with Crippen LogP contribution in [0.1, 0.15) is 99.3 Å². The number of nitrogens with zero attached hydrogens (tertiary/aromatic N) is 2. The molecule has 0 radical (unpaired) electrons. The number of hydrogen-bond acceptors (Lipinski definition) is 15. The number of carboxylic acid groups (broad SMARTS) is 3. The summed E-state index contributed by atoms with van der Waals surface area (Å²) >= 11 is 0. The van der Waals surface area contributed by atoms with Crippen LogP contribution >= 0.6 is 0 Å². The molecule has 0 bridgehead atoms. The average Bonchev–Trinajstić information content (AvgIpc) is 3.25. The van der Waals surface area contributed by atoms with Gasteiger partial charge in [0.2, 0.25) is 47.3 Å². The van der Waals surface area contributed by atoms with Crippen molar-refractivity contribution >= 4 is 77.1 Å². The van der Waals surface area contributed by atoms with Gasteiger partial charge in [-0.05, 0) is 64.2 Å². The van der Waals surface area contributed by atoms with E-state index >= 15 is 0 Å². The third-order valence-electron chi connectivity index (χ3n) is 10.0. The Bertz CT molecular complexity index is 1940. The van der Waals surface area contributed by atoms with Crippen LogP contribution in [0.25, 0.3) is 0 Å². The van der Waals surface area contributed by atoms with E-state index in [-0.39, 0.29) is 81.9 Å². The highest BCUT2D eigenvalue weighted by atomic mass is 16.4.